The van der Waals surface area contributed by atoms with Gasteiger partial charge in [-0.2, -0.15) is 0 Å². The van der Waals surface area contributed by atoms with E-state index in [2.05, 4.69) is 35.6 Å². The number of rotatable bonds is 3. The van der Waals surface area contributed by atoms with Crippen LogP contribution in [-0.4, -0.2) is 57.4 Å². The maximum atomic E-state index is 12.4. The fraction of sp³-hybridized carbons (Fsp3) is 0.643. The minimum absolute atomic E-state index is 0.0524. The molecule has 1 aliphatic heterocycles. The van der Waals surface area contributed by atoms with Gasteiger partial charge in [0.25, 0.3) is 11.5 Å². The molecule has 0 aliphatic carbocycles. The molecule has 2 rings (SSSR count). The lowest BCUT2D eigenvalue weighted by Gasteiger charge is -2.43. The third-order valence-electron chi connectivity index (χ3n) is 3.94. The molecule has 1 unspecified atom stereocenters. The van der Waals surface area contributed by atoms with Crippen molar-refractivity contribution in [2.24, 2.45) is 0 Å². The van der Waals surface area contributed by atoms with Gasteiger partial charge in [-0.25, -0.2) is 4.79 Å². The maximum absolute atomic E-state index is 12.4. The third-order valence-corrected chi connectivity index (χ3v) is 3.94. The Morgan fingerprint density at radius 1 is 1.33 bits per heavy atom. The first-order valence-corrected chi connectivity index (χ1v) is 7.31. The van der Waals surface area contributed by atoms with Crippen LogP contribution in [0.15, 0.2) is 15.7 Å². The third kappa shape index (κ3) is 3.41. The van der Waals surface area contributed by atoms with E-state index in [0.717, 1.165) is 19.0 Å². The summed E-state index contributed by atoms with van der Waals surface area (Å²) in [6, 6.07) is 1.88. The van der Waals surface area contributed by atoms with Gasteiger partial charge in [-0.15, -0.1) is 0 Å². The van der Waals surface area contributed by atoms with Crippen LogP contribution in [0.1, 0.15) is 37.7 Å². The van der Waals surface area contributed by atoms with Crippen LogP contribution in [-0.2, 0) is 0 Å². The largest absolute Gasteiger partial charge is 0.335 e. The van der Waals surface area contributed by atoms with E-state index in [9.17, 15) is 14.4 Å². The van der Waals surface area contributed by atoms with Gasteiger partial charge >= 0.3 is 5.69 Å². The maximum Gasteiger partial charge on any atom is 0.326 e. The standard InChI is InChI=1S/C14H22N4O3/c1-4-10-8-17(5-6-18(10)9(2)3)13(20)11-7-12(19)16-14(21)15-11/h7,9-10H,4-6,8H2,1-3H3,(H2,15,16,19,21). The second-order valence-electron chi connectivity index (χ2n) is 5.65. The van der Waals surface area contributed by atoms with Crippen LogP contribution in [0.3, 0.4) is 0 Å². The molecule has 0 aromatic carbocycles. The average Bonchev–Trinajstić information content (AvgIpc) is 2.44. The Kier molecular flexibility index (Phi) is 4.62. The molecule has 1 aliphatic rings. The topological polar surface area (TPSA) is 89.3 Å². The lowest BCUT2D eigenvalue weighted by atomic mass is 10.1. The molecule has 1 fully saturated rings. The number of H-pyrrole nitrogens is 2. The number of nitrogens with one attached hydrogen (secondary N) is 2. The van der Waals surface area contributed by atoms with Crippen molar-refractivity contribution < 1.29 is 4.79 Å². The average molecular weight is 294 g/mol. The summed E-state index contributed by atoms with van der Waals surface area (Å²) in [7, 11) is 0. The number of piperazine rings is 1. The number of nitrogens with zero attached hydrogens (tertiary/aromatic N) is 2. The Labute approximate surface area is 123 Å². The highest BCUT2D eigenvalue weighted by atomic mass is 16.2. The molecule has 21 heavy (non-hydrogen) atoms. The lowest BCUT2D eigenvalue weighted by Crippen LogP contribution is -2.56. The molecule has 2 heterocycles. The predicted molar refractivity (Wildman–Crippen MR) is 79.5 cm³/mol. The van der Waals surface area contributed by atoms with Gasteiger partial charge in [-0.3, -0.25) is 19.5 Å². The number of amides is 1. The number of hydrogen-bond donors (Lipinski definition) is 2. The molecule has 0 radical (unpaired) electrons. The van der Waals surface area contributed by atoms with Gasteiger partial charge < -0.3 is 9.88 Å². The number of hydrogen-bond acceptors (Lipinski definition) is 4. The number of aromatic nitrogens is 2. The summed E-state index contributed by atoms with van der Waals surface area (Å²) in [6.07, 6.45) is 0.952. The van der Waals surface area contributed by atoms with Gasteiger partial charge in [0.05, 0.1) is 0 Å². The molecular formula is C14H22N4O3. The van der Waals surface area contributed by atoms with Crippen LogP contribution in [0.2, 0.25) is 0 Å². The van der Waals surface area contributed by atoms with Crippen LogP contribution < -0.4 is 11.2 Å². The summed E-state index contributed by atoms with van der Waals surface area (Å²) in [5.74, 6) is -0.292. The van der Waals surface area contributed by atoms with E-state index in [-0.39, 0.29) is 11.6 Å². The highest BCUT2D eigenvalue weighted by molar-refractivity contribution is 5.92. The van der Waals surface area contributed by atoms with Crippen molar-refractivity contribution in [1.82, 2.24) is 19.8 Å². The number of carbonyl (C=O) groups is 1. The molecule has 7 nitrogen and oxygen atoms in total. The molecule has 1 aromatic heterocycles. The quantitative estimate of drug-likeness (QED) is 0.821. The molecule has 1 saturated heterocycles. The summed E-state index contributed by atoms with van der Waals surface area (Å²) < 4.78 is 0. The zero-order chi connectivity index (χ0) is 15.6. The van der Waals surface area contributed by atoms with Crippen LogP contribution in [0.5, 0.6) is 0 Å². The molecule has 7 heteroatoms. The second-order valence-corrected chi connectivity index (χ2v) is 5.65. The van der Waals surface area contributed by atoms with Gasteiger partial charge in [0, 0.05) is 37.8 Å². The number of aromatic amines is 2. The summed E-state index contributed by atoms with van der Waals surface area (Å²) in [5, 5.41) is 0. The van der Waals surface area contributed by atoms with Crippen LogP contribution >= 0.6 is 0 Å². The zero-order valence-electron chi connectivity index (χ0n) is 12.7. The van der Waals surface area contributed by atoms with E-state index >= 15 is 0 Å². The fourth-order valence-corrected chi connectivity index (χ4v) is 2.85. The monoisotopic (exact) mass is 294 g/mol. The van der Waals surface area contributed by atoms with Crippen molar-refractivity contribution >= 4 is 5.91 Å². The minimum atomic E-state index is -0.654. The Balaban J connectivity index is 2.17. The van der Waals surface area contributed by atoms with Gasteiger partial charge in [0.15, 0.2) is 0 Å². The van der Waals surface area contributed by atoms with Gasteiger partial charge in [-0.1, -0.05) is 6.92 Å². The molecule has 0 bridgehead atoms. The van der Waals surface area contributed by atoms with E-state index in [1.165, 1.54) is 0 Å². The Morgan fingerprint density at radius 3 is 2.62 bits per heavy atom. The SMILES string of the molecule is CCC1CN(C(=O)c2cc(=O)[nH]c(=O)[nH]2)CCN1C(C)C. The molecule has 1 amide bonds. The molecule has 116 valence electrons. The van der Waals surface area contributed by atoms with Crippen LogP contribution in [0.4, 0.5) is 0 Å². The van der Waals surface area contributed by atoms with Crippen molar-refractivity contribution in [3.05, 3.63) is 32.6 Å². The first-order chi connectivity index (χ1) is 9.92. The van der Waals surface area contributed by atoms with Crippen molar-refractivity contribution in [3.8, 4) is 0 Å². The summed E-state index contributed by atoms with van der Waals surface area (Å²) >= 11 is 0. The van der Waals surface area contributed by atoms with Crippen molar-refractivity contribution in [3.63, 3.8) is 0 Å². The first kappa shape index (κ1) is 15.5. The van der Waals surface area contributed by atoms with Crippen LogP contribution in [0.25, 0.3) is 0 Å². The first-order valence-electron chi connectivity index (χ1n) is 7.31. The van der Waals surface area contributed by atoms with E-state index in [4.69, 9.17) is 0 Å². The highest BCUT2D eigenvalue weighted by Gasteiger charge is 2.30. The minimum Gasteiger partial charge on any atom is -0.335 e. The molecular weight excluding hydrogens is 272 g/mol. The smallest absolute Gasteiger partial charge is 0.326 e. The Hall–Kier alpha value is -1.89. The molecule has 2 N–H and O–H groups in total. The zero-order valence-corrected chi connectivity index (χ0v) is 12.7. The number of carbonyl (C=O) groups excluding carboxylic acids is 1. The summed E-state index contributed by atoms with van der Waals surface area (Å²) in [5.41, 5.74) is -1.16. The van der Waals surface area contributed by atoms with Crippen molar-refractivity contribution in [2.75, 3.05) is 19.6 Å². The van der Waals surface area contributed by atoms with E-state index in [1.807, 2.05) is 0 Å². The highest BCUT2D eigenvalue weighted by Crippen LogP contribution is 2.17. The summed E-state index contributed by atoms with van der Waals surface area (Å²) in [4.78, 5) is 43.5. The van der Waals surface area contributed by atoms with E-state index < -0.39 is 11.2 Å². The molecule has 0 saturated carbocycles. The van der Waals surface area contributed by atoms with E-state index in [0.29, 0.717) is 25.2 Å². The van der Waals surface area contributed by atoms with Crippen molar-refractivity contribution in [1.29, 1.82) is 0 Å². The van der Waals surface area contributed by atoms with Gasteiger partial charge in [0.2, 0.25) is 0 Å². The van der Waals surface area contributed by atoms with Crippen molar-refractivity contribution in [2.45, 2.75) is 39.3 Å². The molecule has 0 spiro atoms. The Morgan fingerprint density at radius 2 is 2.05 bits per heavy atom. The summed E-state index contributed by atoms with van der Waals surface area (Å²) in [6.45, 7) is 8.41. The van der Waals surface area contributed by atoms with Gasteiger partial charge in [0.1, 0.15) is 5.69 Å². The Bertz CT molecular complexity index is 591. The van der Waals surface area contributed by atoms with E-state index in [1.54, 1.807) is 4.90 Å². The lowest BCUT2D eigenvalue weighted by molar-refractivity contribution is 0.0367. The predicted octanol–water partition coefficient (Wildman–Crippen LogP) is 0.00800. The molecule has 1 atom stereocenters. The molecule has 1 aromatic rings. The second kappa shape index (κ2) is 6.26. The van der Waals surface area contributed by atoms with Gasteiger partial charge in [-0.05, 0) is 20.3 Å². The normalized spacial score (nSPS) is 20.0. The fourth-order valence-electron chi connectivity index (χ4n) is 2.85. The van der Waals surface area contributed by atoms with Crippen LogP contribution in [0, 0.1) is 0 Å².